The first-order valence-electron chi connectivity index (χ1n) is 7.88. The van der Waals surface area contributed by atoms with Crippen molar-refractivity contribution >= 4 is 39.6 Å². The highest BCUT2D eigenvalue weighted by atomic mass is 79.9. The molecule has 25 heavy (non-hydrogen) atoms. The Bertz CT molecular complexity index is 786. The zero-order valence-electron chi connectivity index (χ0n) is 14.2. The van der Waals surface area contributed by atoms with Crippen molar-refractivity contribution in [1.82, 2.24) is 5.43 Å². The number of halogens is 1. The van der Waals surface area contributed by atoms with E-state index in [4.69, 9.17) is 0 Å². The normalized spacial score (nSPS) is 10.7. The lowest BCUT2D eigenvalue weighted by atomic mass is 10.1. The van der Waals surface area contributed by atoms with Gasteiger partial charge in [0, 0.05) is 23.0 Å². The summed E-state index contributed by atoms with van der Waals surface area (Å²) in [5, 5.41) is 6.72. The van der Waals surface area contributed by atoms with Crippen molar-refractivity contribution in [2.75, 3.05) is 5.32 Å². The summed E-state index contributed by atoms with van der Waals surface area (Å²) in [5.74, 6) is -0.495. The maximum Gasteiger partial charge on any atom is 0.240 e. The van der Waals surface area contributed by atoms with Gasteiger partial charge in [0.15, 0.2) is 0 Å². The van der Waals surface area contributed by atoms with Crippen molar-refractivity contribution in [2.24, 2.45) is 5.10 Å². The van der Waals surface area contributed by atoms with Crippen LogP contribution >= 0.6 is 15.9 Å². The first-order valence-corrected chi connectivity index (χ1v) is 8.68. The quantitative estimate of drug-likeness (QED) is 0.568. The van der Waals surface area contributed by atoms with Gasteiger partial charge in [-0.2, -0.15) is 5.10 Å². The van der Waals surface area contributed by atoms with E-state index in [-0.39, 0.29) is 24.7 Å². The average molecular weight is 402 g/mol. The van der Waals surface area contributed by atoms with Crippen LogP contribution in [0.5, 0.6) is 0 Å². The minimum Gasteiger partial charge on any atom is -0.326 e. The molecule has 2 rings (SSSR count). The van der Waals surface area contributed by atoms with Crippen LogP contribution < -0.4 is 10.7 Å². The van der Waals surface area contributed by atoms with Crippen molar-refractivity contribution in [3.63, 3.8) is 0 Å². The number of benzene rings is 2. The molecule has 0 fully saturated rings. The van der Waals surface area contributed by atoms with Gasteiger partial charge in [0.2, 0.25) is 11.8 Å². The number of hydrazone groups is 1. The topological polar surface area (TPSA) is 70.6 Å². The summed E-state index contributed by atoms with van der Waals surface area (Å²) in [6, 6.07) is 13.4. The number of rotatable bonds is 6. The summed E-state index contributed by atoms with van der Waals surface area (Å²) >= 11 is 3.35. The van der Waals surface area contributed by atoms with Gasteiger partial charge < -0.3 is 5.32 Å². The summed E-state index contributed by atoms with van der Waals surface area (Å²) in [7, 11) is 0. The smallest absolute Gasteiger partial charge is 0.240 e. The predicted octanol–water partition coefficient (Wildman–Crippen LogP) is 3.93. The lowest BCUT2D eigenvalue weighted by molar-refractivity contribution is -0.124. The molecule has 0 saturated heterocycles. The zero-order chi connectivity index (χ0) is 18.2. The minimum atomic E-state index is -0.301. The lowest BCUT2D eigenvalue weighted by Crippen LogP contribution is -2.20. The Morgan fingerprint density at radius 2 is 1.72 bits per heavy atom. The molecule has 0 atom stereocenters. The van der Waals surface area contributed by atoms with E-state index in [0.29, 0.717) is 0 Å². The predicted molar refractivity (Wildman–Crippen MR) is 104 cm³/mol. The summed E-state index contributed by atoms with van der Waals surface area (Å²) in [6.07, 6.45) is 1.74. The largest absolute Gasteiger partial charge is 0.326 e. The number of nitrogens with zero attached hydrogens (tertiary/aromatic N) is 1. The van der Waals surface area contributed by atoms with Gasteiger partial charge in [-0.1, -0.05) is 40.2 Å². The molecule has 0 aromatic heterocycles. The number of amides is 2. The van der Waals surface area contributed by atoms with Gasteiger partial charge in [-0.05, 0) is 48.7 Å². The van der Waals surface area contributed by atoms with E-state index >= 15 is 0 Å². The number of aryl methyl sites for hydroxylation is 2. The first-order chi connectivity index (χ1) is 11.9. The van der Waals surface area contributed by atoms with Crippen molar-refractivity contribution in [3.05, 3.63) is 63.6 Å². The number of anilines is 1. The number of carbonyl (C=O) groups is 2. The highest BCUT2D eigenvalue weighted by Crippen LogP contribution is 2.16. The Morgan fingerprint density at radius 1 is 1.04 bits per heavy atom. The number of carbonyl (C=O) groups excluding carboxylic acids is 2. The second-order valence-electron chi connectivity index (χ2n) is 5.71. The van der Waals surface area contributed by atoms with E-state index in [0.717, 1.165) is 26.9 Å². The number of hydrogen-bond acceptors (Lipinski definition) is 3. The van der Waals surface area contributed by atoms with E-state index in [1.165, 1.54) is 0 Å². The molecule has 0 bridgehead atoms. The molecule has 0 unspecified atom stereocenters. The molecule has 6 heteroatoms. The van der Waals surface area contributed by atoms with E-state index in [1.807, 2.05) is 56.3 Å². The summed E-state index contributed by atoms with van der Waals surface area (Å²) in [5.41, 5.74) is 6.13. The molecular formula is C19H20BrN3O2. The van der Waals surface area contributed by atoms with Crippen LogP contribution in [0.1, 0.15) is 29.5 Å². The van der Waals surface area contributed by atoms with Crippen molar-refractivity contribution in [2.45, 2.75) is 26.7 Å². The number of nitrogens with one attached hydrogen (secondary N) is 2. The summed E-state index contributed by atoms with van der Waals surface area (Å²) in [4.78, 5) is 23.7. The van der Waals surface area contributed by atoms with Crippen LogP contribution in [0.2, 0.25) is 0 Å². The molecule has 0 spiro atoms. The van der Waals surface area contributed by atoms with Crippen molar-refractivity contribution in [3.8, 4) is 0 Å². The highest BCUT2D eigenvalue weighted by Gasteiger charge is 2.08. The summed E-state index contributed by atoms with van der Waals surface area (Å²) in [6.45, 7) is 3.89. The Balaban J connectivity index is 1.76. The molecule has 2 aromatic rings. The van der Waals surface area contributed by atoms with Crippen LogP contribution in [0.15, 0.2) is 52.0 Å². The highest BCUT2D eigenvalue weighted by molar-refractivity contribution is 9.10. The van der Waals surface area contributed by atoms with Crippen LogP contribution in [-0.2, 0) is 9.59 Å². The van der Waals surface area contributed by atoms with E-state index in [9.17, 15) is 9.59 Å². The van der Waals surface area contributed by atoms with Crippen LogP contribution in [0.3, 0.4) is 0 Å². The molecule has 0 heterocycles. The first kappa shape index (κ1) is 18.9. The molecule has 0 aliphatic heterocycles. The van der Waals surface area contributed by atoms with Crippen LogP contribution in [0, 0.1) is 13.8 Å². The third-order valence-electron chi connectivity index (χ3n) is 3.52. The Kier molecular flexibility index (Phi) is 6.89. The van der Waals surface area contributed by atoms with Gasteiger partial charge in [-0.25, -0.2) is 5.43 Å². The Morgan fingerprint density at radius 3 is 2.44 bits per heavy atom. The average Bonchev–Trinajstić information content (AvgIpc) is 2.58. The zero-order valence-corrected chi connectivity index (χ0v) is 15.8. The lowest BCUT2D eigenvalue weighted by Gasteiger charge is -2.09. The summed E-state index contributed by atoms with van der Waals surface area (Å²) < 4.78 is 0.976. The Labute approximate surface area is 155 Å². The minimum absolute atomic E-state index is 0.0778. The van der Waals surface area contributed by atoms with Crippen LogP contribution in [0.4, 0.5) is 5.69 Å². The monoisotopic (exact) mass is 401 g/mol. The standard InChI is InChI=1S/C19H20BrN3O2/c1-13-3-4-14(2)17(11-13)22-18(24)9-10-19(25)23-21-12-15-5-7-16(20)8-6-15/h3-8,11-12H,9-10H2,1-2H3,(H,22,24)(H,23,25)/b21-12+. The van der Waals surface area contributed by atoms with Crippen LogP contribution in [-0.4, -0.2) is 18.0 Å². The Hall–Kier alpha value is -2.47. The molecule has 130 valence electrons. The molecule has 2 aromatic carbocycles. The molecule has 5 nitrogen and oxygen atoms in total. The molecular weight excluding hydrogens is 382 g/mol. The fraction of sp³-hybridized carbons (Fsp3) is 0.211. The van der Waals surface area contributed by atoms with Crippen LogP contribution in [0.25, 0.3) is 0 Å². The maximum atomic E-state index is 12.0. The van der Waals surface area contributed by atoms with Gasteiger partial charge in [0.1, 0.15) is 0 Å². The van der Waals surface area contributed by atoms with Gasteiger partial charge in [-0.15, -0.1) is 0 Å². The van der Waals surface area contributed by atoms with Gasteiger partial charge >= 0.3 is 0 Å². The molecule has 0 aliphatic carbocycles. The van der Waals surface area contributed by atoms with E-state index < -0.39 is 0 Å². The SMILES string of the molecule is Cc1ccc(C)c(NC(=O)CCC(=O)N/N=C/c2ccc(Br)cc2)c1. The maximum absolute atomic E-state index is 12.0. The number of hydrogen-bond donors (Lipinski definition) is 2. The molecule has 2 N–H and O–H groups in total. The molecule has 2 amide bonds. The third kappa shape index (κ3) is 6.51. The van der Waals surface area contributed by atoms with Crippen molar-refractivity contribution < 1.29 is 9.59 Å². The van der Waals surface area contributed by atoms with Gasteiger partial charge in [-0.3, -0.25) is 9.59 Å². The van der Waals surface area contributed by atoms with Gasteiger partial charge in [0.05, 0.1) is 6.21 Å². The second kappa shape index (κ2) is 9.13. The third-order valence-corrected chi connectivity index (χ3v) is 4.05. The van der Waals surface area contributed by atoms with Gasteiger partial charge in [0.25, 0.3) is 0 Å². The van der Waals surface area contributed by atoms with E-state index in [1.54, 1.807) is 6.21 Å². The van der Waals surface area contributed by atoms with Crippen molar-refractivity contribution in [1.29, 1.82) is 0 Å². The van der Waals surface area contributed by atoms with E-state index in [2.05, 4.69) is 31.8 Å². The fourth-order valence-electron chi connectivity index (χ4n) is 2.09. The molecule has 0 saturated carbocycles. The second-order valence-corrected chi connectivity index (χ2v) is 6.63. The molecule has 0 aliphatic rings. The molecule has 0 radical (unpaired) electrons. The fourth-order valence-corrected chi connectivity index (χ4v) is 2.36.